The van der Waals surface area contributed by atoms with Gasteiger partial charge in [0, 0.05) is 4.88 Å². The highest BCUT2D eigenvalue weighted by Crippen LogP contribution is 2.35. The third-order valence-electron chi connectivity index (χ3n) is 5.08. The van der Waals surface area contributed by atoms with E-state index in [0.29, 0.717) is 11.0 Å². The summed E-state index contributed by atoms with van der Waals surface area (Å²) >= 11 is 2.81. The Morgan fingerprint density at radius 1 is 1.23 bits per heavy atom. The lowest BCUT2D eigenvalue weighted by atomic mass is 9.97. The van der Waals surface area contributed by atoms with Gasteiger partial charge in [0.1, 0.15) is 4.83 Å². The fourth-order valence-electron chi connectivity index (χ4n) is 3.72. The maximum absolute atomic E-state index is 13.6. The molecule has 10 heteroatoms. The van der Waals surface area contributed by atoms with Crippen LogP contribution >= 0.6 is 23.1 Å². The number of nitrogens with zero attached hydrogens (tertiary/aromatic N) is 4. The standard InChI is InChI=1S/C21H19N5O3S2/c1-12-22-20(29-25-12)23-16(27)11-30-21-24-18-17(14-9-5-6-10-15(14)31-18)19(28)26(21)13-7-3-2-4-8-13/h2-4,7-8H,5-6,9-11H2,1H3,(H,22,23,25,27). The molecule has 1 aromatic carbocycles. The van der Waals surface area contributed by atoms with E-state index < -0.39 is 0 Å². The number of rotatable bonds is 5. The van der Waals surface area contributed by atoms with Crippen molar-refractivity contribution in [3.8, 4) is 5.69 Å². The third-order valence-corrected chi connectivity index (χ3v) is 7.20. The average molecular weight is 454 g/mol. The number of aromatic nitrogens is 4. The van der Waals surface area contributed by atoms with Crippen molar-refractivity contribution in [2.75, 3.05) is 11.1 Å². The molecule has 0 atom stereocenters. The zero-order chi connectivity index (χ0) is 21.4. The zero-order valence-electron chi connectivity index (χ0n) is 16.8. The van der Waals surface area contributed by atoms with Crippen molar-refractivity contribution in [1.82, 2.24) is 19.7 Å². The molecule has 158 valence electrons. The summed E-state index contributed by atoms with van der Waals surface area (Å²) in [5, 5.41) is 7.43. The van der Waals surface area contributed by atoms with Crippen LogP contribution in [0, 0.1) is 6.92 Å². The minimum atomic E-state index is -0.312. The van der Waals surface area contributed by atoms with Crippen LogP contribution in [0.25, 0.3) is 15.9 Å². The molecule has 1 aliphatic carbocycles. The first-order chi connectivity index (χ1) is 15.1. The number of benzene rings is 1. The molecule has 1 amide bonds. The highest BCUT2D eigenvalue weighted by atomic mass is 32.2. The van der Waals surface area contributed by atoms with Crippen LogP contribution in [0.5, 0.6) is 0 Å². The van der Waals surface area contributed by atoms with Crippen molar-refractivity contribution < 1.29 is 9.32 Å². The van der Waals surface area contributed by atoms with E-state index in [1.807, 2.05) is 30.3 Å². The van der Waals surface area contributed by atoms with Crippen molar-refractivity contribution in [2.45, 2.75) is 37.8 Å². The number of hydrogen-bond acceptors (Lipinski definition) is 8. The summed E-state index contributed by atoms with van der Waals surface area (Å²) in [5.41, 5.74) is 1.80. The smallest absolute Gasteiger partial charge is 0.315 e. The van der Waals surface area contributed by atoms with Gasteiger partial charge in [0.05, 0.1) is 16.8 Å². The summed E-state index contributed by atoms with van der Waals surface area (Å²) in [6.07, 6.45) is 4.15. The molecule has 0 saturated carbocycles. The summed E-state index contributed by atoms with van der Waals surface area (Å²) in [7, 11) is 0. The van der Waals surface area contributed by atoms with Gasteiger partial charge in [-0.25, -0.2) is 4.98 Å². The van der Waals surface area contributed by atoms with Gasteiger partial charge >= 0.3 is 6.01 Å². The number of para-hydroxylation sites is 1. The number of fused-ring (bicyclic) bond motifs is 3. The van der Waals surface area contributed by atoms with E-state index in [2.05, 4.69) is 15.5 Å². The van der Waals surface area contributed by atoms with Crippen LogP contribution < -0.4 is 10.9 Å². The Morgan fingerprint density at radius 3 is 2.81 bits per heavy atom. The van der Waals surface area contributed by atoms with Crippen LogP contribution in [-0.2, 0) is 17.6 Å². The number of hydrogen-bond donors (Lipinski definition) is 1. The summed E-state index contributed by atoms with van der Waals surface area (Å²) in [6, 6.07) is 9.47. The molecule has 0 saturated heterocycles. The van der Waals surface area contributed by atoms with Gasteiger partial charge in [0.25, 0.3) is 5.56 Å². The second kappa shape index (κ2) is 8.27. The molecule has 0 unspecified atom stereocenters. The Balaban J connectivity index is 1.53. The first-order valence-electron chi connectivity index (χ1n) is 9.96. The first-order valence-corrected chi connectivity index (χ1v) is 11.8. The summed E-state index contributed by atoms with van der Waals surface area (Å²) < 4.78 is 6.54. The normalized spacial score (nSPS) is 13.3. The van der Waals surface area contributed by atoms with Gasteiger partial charge < -0.3 is 4.52 Å². The molecule has 0 fully saturated rings. The van der Waals surface area contributed by atoms with E-state index in [1.165, 1.54) is 16.6 Å². The maximum Gasteiger partial charge on any atom is 0.328 e. The monoisotopic (exact) mass is 453 g/mol. The lowest BCUT2D eigenvalue weighted by Crippen LogP contribution is -2.23. The van der Waals surface area contributed by atoms with E-state index >= 15 is 0 Å². The maximum atomic E-state index is 13.6. The Bertz CT molecular complexity index is 1330. The first kappa shape index (κ1) is 20.0. The molecular formula is C21H19N5O3S2. The summed E-state index contributed by atoms with van der Waals surface area (Å²) in [6.45, 7) is 1.67. The molecule has 0 bridgehead atoms. The highest BCUT2D eigenvalue weighted by Gasteiger charge is 2.23. The van der Waals surface area contributed by atoms with Gasteiger partial charge in [0.2, 0.25) is 5.91 Å². The lowest BCUT2D eigenvalue weighted by molar-refractivity contribution is -0.114. The quantitative estimate of drug-likeness (QED) is 0.363. The molecule has 0 aliphatic heterocycles. The average Bonchev–Trinajstić information content (AvgIpc) is 3.35. The minimum Gasteiger partial charge on any atom is -0.315 e. The van der Waals surface area contributed by atoms with E-state index in [4.69, 9.17) is 9.51 Å². The zero-order valence-corrected chi connectivity index (χ0v) is 18.4. The molecule has 1 aliphatic rings. The number of carbonyl (C=O) groups excluding carboxylic acids is 1. The van der Waals surface area contributed by atoms with Gasteiger partial charge in [-0.05, 0) is 50.3 Å². The van der Waals surface area contributed by atoms with Crippen molar-refractivity contribution >= 4 is 45.2 Å². The van der Waals surface area contributed by atoms with Gasteiger partial charge in [-0.1, -0.05) is 35.1 Å². The van der Waals surface area contributed by atoms with Crippen LogP contribution in [-0.4, -0.2) is 31.4 Å². The minimum absolute atomic E-state index is 0.0529. The van der Waals surface area contributed by atoms with Gasteiger partial charge in [0.15, 0.2) is 11.0 Å². The fourth-order valence-corrected chi connectivity index (χ4v) is 5.84. The number of anilines is 1. The number of carbonyl (C=O) groups is 1. The second-order valence-corrected chi connectivity index (χ2v) is 9.27. The molecule has 3 aromatic heterocycles. The van der Waals surface area contributed by atoms with E-state index in [1.54, 1.807) is 22.8 Å². The SMILES string of the molecule is Cc1noc(NC(=O)CSc2nc3sc4c(c3c(=O)n2-c2ccccc2)CCCC4)n1. The van der Waals surface area contributed by atoms with Crippen LogP contribution in [0.4, 0.5) is 6.01 Å². The summed E-state index contributed by atoms with van der Waals surface area (Å²) in [5.74, 6) is 0.180. The molecule has 0 radical (unpaired) electrons. The molecule has 8 nitrogen and oxygen atoms in total. The van der Waals surface area contributed by atoms with Gasteiger partial charge in [-0.2, -0.15) is 4.98 Å². The number of nitrogens with one attached hydrogen (secondary N) is 1. The second-order valence-electron chi connectivity index (χ2n) is 7.25. The molecular weight excluding hydrogens is 434 g/mol. The third kappa shape index (κ3) is 3.88. The molecule has 0 spiro atoms. The molecule has 3 heterocycles. The van der Waals surface area contributed by atoms with Gasteiger partial charge in [-0.3, -0.25) is 19.5 Å². The Hall–Kier alpha value is -2.98. The fraction of sp³-hybridized carbons (Fsp3) is 0.286. The number of thioether (sulfide) groups is 1. The molecule has 4 aromatic rings. The van der Waals surface area contributed by atoms with E-state index in [9.17, 15) is 9.59 Å². The van der Waals surface area contributed by atoms with Gasteiger partial charge in [-0.15, -0.1) is 11.3 Å². The van der Waals surface area contributed by atoms with Crippen molar-refractivity contribution in [3.05, 3.63) is 57.0 Å². The molecule has 5 rings (SSSR count). The van der Waals surface area contributed by atoms with Crippen molar-refractivity contribution in [1.29, 1.82) is 0 Å². The number of aryl methyl sites for hydroxylation is 3. The Morgan fingerprint density at radius 2 is 2.03 bits per heavy atom. The largest absolute Gasteiger partial charge is 0.328 e. The molecule has 1 N–H and O–H groups in total. The topological polar surface area (TPSA) is 103 Å². The van der Waals surface area contributed by atoms with Crippen LogP contribution in [0.2, 0.25) is 0 Å². The Kier molecular flexibility index (Phi) is 5.33. The highest BCUT2D eigenvalue weighted by molar-refractivity contribution is 7.99. The van der Waals surface area contributed by atoms with E-state index in [0.717, 1.165) is 47.2 Å². The van der Waals surface area contributed by atoms with E-state index in [-0.39, 0.29) is 23.2 Å². The van der Waals surface area contributed by atoms with Crippen LogP contribution in [0.1, 0.15) is 29.1 Å². The Labute approximate surface area is 185 Å². The van der Waals surface area contributed by atoms with Crippen LogP contribution in [0.3, 0.4) is 0 Å². The van der Waals surface area contributed by atoms with Crippen LogP contribution in [0.15, 0.2) is 44.8 Å². The lowest BCUT2D eigenvalue weighted by Gasteiger charge is -2.13. The number of amides is 1. The molecule has 31 heavy (non-hydrogen) atoms. The van der Waals surface area contributed by atoms with Crippen molar-refractivity contribution in [3.63, 3.8) is 0 Å². The number of thiophene rings is 1. The predicted molar refractivity (Wildman–Crippen MR) is 120 cm³/mol. The van der Waals surface area contributed by atoms with Crippen molar-refractivity contribution in [2.24, 2.45) is 0 Å². The predicted octanol–water partition coefficient (Wildman–Crippen LogP) is 3.75. The summed E-state index contributed by atoms with van der Waals surface area (Å²) in [4.78, 5) is 36.8.